The minimum atomic E-state index is -4.63. The molecule has 0 atom stereocenters. The predicted octanol–water partition coefficient (Wildman–Crippen LogP) is 6.22. The maximum Gasteiger partial charge on any atom is 0.417 e. The third kappa shape index (κ3) is 8.39. The Morgan fingerprint density at radius 1 is 1.19 bits per heavy atom. The number of aromatic nitrogens is 3. The summed E-state index contributed by atoms with van der Waals surface area (Å²) in [6.45, 7) is 21.2. The molecule has 2 heterocycles. The molecule has 0 aromatic carbocycles. The number of allylic oxidation sites excluding steroid dienone is 1. The van der Waals surface area contributed by atoms with Crippen molar-refractivity contribution in [3.63, 3.8) is 0 Å². The lowest BCUT2D eigenvalue weighted by Crippen LogP contribution is -2.25. The largest absolute Gasteiger partial charge is 0.417 e. The number of hydrogen-bond donors (Lipinski definition) is 2. The molecule has 6 nitrogen and oxygen atoms in total. The third-order valence-electron chi connectivity index (χ3n) is 5.00. The van der Waals surface area contributed by atoms with E-state index in [2.05, 4.69) is 54.3 Å². The quantitative estimate of drug-likeness (QED) is 0.397. The van der Waals surface area contributed by atoms with Crippen LogP contribution in [0.5, 0.6) is 0 Å². The van der Waals surface area contributed by atoms with E-state index >= 15 is 0 Å². The Bertz CT molecular complexity index is 1080. The van der Waals surface area contributed by atoms with Gasteiger partial charge < -0.3 is 10.6 Å². The number of pyridine rings is 1. The molecule has 2 N–H and O–H groups in total. The monoisotopic (exact) mass is 505 g/mol. The molecule has 0 saturated heterocycles. The Labute approximate surface area is 212 Å². The predicted molar refractivity (Wildman–Crippen MR) is 141 cm³/mol. The summed E-state index contributed by atoms with van der Waals surface area (Å²) in [4.78, 5) is 16.6. The van der Waals surface area contributed by atoms with Crippen molar-refractivity contribution in [3.8, 4) is 0 Å². The highest BCUT2D eigenvalue weighted by Gasteiger charge is 2.35. The maximum atomic E-state index is 13.4. The molecule has 2 rings (SSSR count). The van der Waals surface area contributed by atoms with Crippen LogP contribution in [-0.4, -0.2) is 40.4 Å². The van der Waals surface area contributed by atoms with Crippen LogP contribution in [0.3, 0.4) is 0 Å². The summed E-state index contributed by atoms with van der Waals surface area (Å²) in [5, 5.41) is 9.86. The lowest BCUT2D eigenvalue weighted by molar-refractivity contribution is -0.0689. The van der Waals surface area contributed by atoms with E-state index in [-0.39, 0.29) is 22.7 Å². The number of rotatable bonds is 9. The summed E-state index contributed by atoms with van der Waals surface area (Å²) in [5.41, 5.74) is 0.426. The minimum absolute atomic E-state index is 0.213. The van der Waals surface area contributed by atoms with Crippen molar-refractivity contribution < 1.29 is 18.0 Å². The number of alkyl halides is 3. The topological polar surface area (TPSA) is 71.8 Å². The van der Waals surface area contributed by atoms with Gasteiger partial charge in [-0.2, -0.15) is 18.3 Å². The van der Waals surface area contributed by atoms with Gasteiger partial charge in [-0.1, -0.05) is 46.1 Å². The molecule has 9 heteroatoms. The Kier molecular flexibility index (Phi) is 11.2. The highest BCUT2D eigenvalue weighted by atomic mass is 19.4. The molecular formula is C27H38F3N5O. The summed E-state index contributed by atoms with van der Waals surface area (Å²) in [7, 11) is 1.63. The molecule has 2 aromatic heterocycles. The van der Waals surface area contributed by atoms with Gasteiger partial charge in [-0.05, 0) is 39.7 Å². The van der Waals surface area contributed by atoms with Crippen molar-refractivity contribution in [1.29, 1.82) is 0 Å². The molecule has 0 saturated carbocycles. The van der Waals surface area contributed by atoms with E-state index in [9.17, 15) is 18.0 Å². The number of aryl methyl sites for hydroxylation is 1. The number of amides is 1. The number of halogens is 3. The fourth-order valence-corrected chi connectivity index (χ4v) is 3.07. The second-order valence-corrected chi connectivity index (χ2v) is 9.24. The van der Waals surface area contributed by atoms with Gasteiger partial charge >= 0.3 is 6.18 Å². The van der Waals surface area contributed by atoms with Crippen molar-refractivity contribution in [2.45, 2.75) is 65.6 Å². The van der Waals surface area contributed by atoms with Crippen molar-refractivity contribution in [2.75, 3.05) is 13.6 Å². The molecule has 2 aromatic rings. The van der Waals surface area contributed by atoms with E-state index in [0.29, 0.717) is 41.9 Å². The van der Waals surface area contributed by atoms with E-state index in [4.69, 9.17) is 0 Å². The SMILES string of the molecule is C=Cc1c(C(=C)NC)cc(CCCNC(=O)c2cnn(C(C)(C)C)c2)nc1C(=C)C(F)(F)F.CCC. The Hall–Kier alpha value is -3.36. The first-order valence-electron chi connectivity index (χ1n) is 11.8. The van der Waals surface area contributed by atoms with Crippen LogP contribution < -0.4 is 10.6 Å². The van der Waals surface area contributed by atoms with Crippen LogP contribution in [0.4, 0.5) is 13.2 Å². The minimum Gasteiger partial charge on any atom is -0.388 e. The van der Waals surface area contributed by atoms with Gasteiger partial charge in [0.25, 0.3) is 5.91 Å². The van der Waals surface area contributed by atoms with Crippen molar-refractivity contribution in [1.82, 2.24) is 25.4 Å². The molecule has 0 aliphatic heterocycles. The van der Waals surface area contributed by atoms with Gasteiger partial charge in [-0.25, -0.2) is 0 Å². The van der Waals surface area contributed by atoms with E-state index in [1.165, 1.54) is 18.7 Å². The normalized spacial score (nSPS) is 11.2. The van der Waals surface area contributed by atoms with E-state index in [1.54, 1.807) is 24.0 Å². The summed E-state index contributed by atoms with van der Waals surface area (Å²) in [6, 6.07) is 1.68. The fraction of sp³-hybridized carbons (Fsp3) is 0.444. The average molecular weight is 506 g/mol. The lowest BCUT2D eigenvalue weighted by atomic mass is 9.97. The molecule has 36 heavy (non-hydrogen) atoms. The van der Waals surface area contributed by atoms with E-state index in [1.807, 2.05) is 20.8 Å². The average Bonchev–Trinajstić information content (AvgIpc) is 3.31. The zero-order chi connectivity index (χ0) is 27.7. The zero-order valence-electron chi connectivity index (χ0n) is 22.1. The van der Waals surface area contributed by atoms with E-state index in [0.717, 1.165) is 0 Å². The number of carbonyl (C=O) groups is 1. The zero-order valence-corrected chi connectivity index (χ0v) is 22.1. The second-order valence-electron chi connectivity index (χ2n) is 9.24. The summed E-state index contributed by atoms with van der Waals surface area (Å²) < 4.78 is 41.8. The Morgan fingerprint density at radius 2 is 1.81 bits per heavy atom. The molecule has 0 unspecified atom stereocenters. The van der Waals surface area contributed by atoms with Crippen molar-refractivity contribution in [3.05, 3.63) is 66.3 Å². The molecule has 1 amide bonds. The summed E-state index contributed by atoms with van der Waals surface area (Å²) in [6.07, 6.45) is 1.94. The van der Waals surface area contributed by atoms with Gasteiger partial charge in [0.2, 0.25) is 0 Å². The molecule has 0 fully saturated rings. The first-order valence-corrected chi connectivity index (χ1v) is 11.8. The van der Waals surface area contributed by atoms with Gasteiger partial charge in [-0.3, -0.25) is 14.5 Å². The number of carbonyl (C=O) groups excluding carboxylic acids is 1. The van der Waals surface area contributed by atoms with Crippen LogP contribution in [0.25, 0.3) is 17.3 Å². The molecule has 0 spiro atoms. The number of nitrogens with one attached hydrogen (secondary N) is 2. The van der Waals surface area contributed by atoms with Gasteiger partial charge in [0.15, 0.2) is 0 Å². The van der Waals surface area contributed by atoms with Gasteiger partial charge in [0.05, 0.1) is 28.6 Å². The van der Waals surface area contributed by atoms with Crippen LogP contribution in [0.2, 0.25) is 0 Å². The van der Waals surface area contributed by atoms with E-state index < -0.39 is 11.7 Å². The highest BCUT2D eigenvalue weighted by molar-refractivity contribution is 5.93. The fourth-order valence-electron chi connectivity index (χ4n) is 3.07. The van der Waals surface area contributed by atoms with Gasteiger partial charge in [0, 0.05) is 42.3 Å². The van der Waals surface area contributed by atoms with Crippen LogP contribution in [0.15, 0.2) is 38.2 Å². The molecule has 0 aliphatic rings. The van der Waals surface area contributed by atoms with Crippen LogP contribution >= 0.6 is 0 Å². The van der Waals surface area contributed by atoms with Gasteiger partial charge in [0.1, 0.15) is 0 Å². The van der Waals surface area contributed by atoms with Crippen LogP contribution in [0.1, 0.15) is 80.3 Å². The van der Waals surface area contributed by atoms with Crippen LogP contribution in [-0.2, 0) is 12.0 Å². The molecule has 198 valence electrons. The highest BCUT2D eigenvalue weighted by Crippen LogP contribution is 2.35. The second kappa shape index (κ2) is 13.1. The summed E-state index contributed by atoms with van der Waals surface area (Å²) in [5.74, 6) is -0.268. The lowest BCUT2D eigenvalue weighted by Gasteiger charge is -2.18. The Morgan fingerprint density at radius 3 is 2.28 bits per heavy atom. The maximum absolute atomic E-state index is 13.4. The van der Waals surface area contributed by atoms with Crippen molar-refractivity contribution in [2.24, 2.45) is 0 Å². The summed E-state index contributed by atoms with van der Waals surface area (Å²) >= 11 is 0. The van der Waals surface area contributed by atoms with Gasteiger partial charge in [-0.15, -0.1) is 0 Å². The first-order chi connectivity index (χ1) is 16.7. The molecule has 0 bridgehead atoms. The number of nitrogens with zero attached hydrogens (tertiary/aromatic N) is 3. The molecule has 0 radical (unpaired) electrons. The van der Waals surface area contributed by atoms with Crippen molar-refractivity contribution >= 4 is 23.3 Å². The molecular weight excluding hydrogens is 467 g/mol. The number of hydrogen-bond acceptors (Lipinski definition) is 4. The smallest absolute Gasteiger partial charge is 0.388 e. The standard InChI is InChI=1S/C24H30F3N5O.C3H8/c1-8-19-20(16(3)28-7)12-18(31-21(19)15(2)24(25,26)27)10-9-11-29-22(33)17-13-30-32(14-17)23(4,5)6;1-3-2/h8,12-14,28H,1-3,9-11H2,4-7H3,(H,29,33);3H2,1-2H3. The molecule has 0 aliphatic carbocycles. The van der Waals surface area contributed by atoms with Crippen LogP contribution in [0, 0.1) is 0 Å². The Balaban J connectivity index is 0.00000205. The first kappa shape index (κ1) is 30.7. The third-order valence-corrected chi connectivity index (χ3v) is 5.00.